The van der Waals surface area contributed by atoms with Crippen molar-refractivity contribution in [2.75, 3.05) is 19.2 Å². The van der Waals surface area contributed by atoms with E-state index in [4.69, 9.17) is 9.47 Å². The summed E-state index contributed by atoms with van der Waals surface area (Å²) >= 11 is 0. The second-order valence-electron chi connectivity index (χ2n) is 5.99. The van der Waals surface area contributed by atoms with Gasteiger partial charge >= 0.3 is 0 Å². The van der Waals surface area contributed by atoms with Crippen molar-refractivity contribution >= 4 is 23.4 Å². The van der Waals surface area contributed by atoms with Crippen molar-refractivity contribution in [3.05, 3.63) is 59.2 Å². The maximum absolute atomic E-state index is 12.8. The van der Waals surface area contributed by atoms with Crippen molar-refractivity contribution in [3.8, 4) is 11.5 Å². The fourth-order valence-corrected chi connectivity index (χ4v) is 2.84. The molecule has 2 aromatic carbocycles. The molecule has 2 aromatic rings. The van der Waals surface area contributed by atoms with Gasteiger partial charge in [0.1, 0.15) is 0 Å². The molecule has 1 amide bonds. The summed E-state index contributed by atoms with van der Waals surface area (Å²) in [6.07, 6.45) is 2.78. The number of rotatable bonds is 5. The van der Waals surface area contributed by atoms with Gasteiger partial charge in [0, 0.05) is 0 Å². The fraction of sp³-hybridized carbons (Fsp3) is 0.238. The Morgan fingerprint density at radius 1 is 1.04 bits per heavy atom. The van der Waals surface area contributed by atoms with Crippen LogP contribution in [-0.4, -0.2) is 25.8 Å². The first-order chi connectivity index (χ1) is 12.6. The predicted octanol–water partition coefficient (Wildman–Crippen LogP) is 4.07. The molecule has 0 spiro atoms. The number of hydrazone groups is 1. The Hall–Kier alpha value is -3.08. The van der Waals surface area contributed by atoms with E-state index in [0.717, 1.165) is 17.7 Å². The highest BCUT2D eigenvalue weighted by atomic mass is 16.5. The number of hydrogen-bond acceptors (Lipinski definition) is 4. The van der Waals surface area contributed by atoms with E-state index < -0.39 is 0 Å². The third-order valence-electron chi connectivity index (χ3n) is 4.37. The summed E-state index contributed by atoms with van der Waals surface area (Å²) in [6, 6.07) is 13.4. The molecule has 0 aromatic heterocycles. The van der Waals surface area contributed by atoms with Gasteiger partial charge in [0.15, 0.2) is 11.5 Å². The Balaban J connectivity index is 1.91. The van der Waals surface area contributed by atoms with E-state index >= 15 is 0 Å². The van der Waals surface area contributed by atoms with E-state index in [2.05, 4.69) is 12.0 Å². The minimum Gasteiger partial charge on any atom is -0.493 e. The van der Waals surface area contributed by atoms with Crippen molar-refractivity contribution in [2.24, 2.45) is 5.10 Å². The molecule has 5 heteroatoms. The van der Waals surface area contributed by atoms with Gasteiger partial charge in [-0.1, -0.05) is 25.1 Å². The summed E-state index contributed by atoms with van der Waals surface area (Å²) in [6.45, 7) is 3.94. The van der Waals surface area contributed by atoms with Crippen LogP contribution < -0.4 is 14.5 Å². The minimum absolute atomic E-state index is 0.137. The van der Waals surface area contributed by atoms with E-state index in [-0.39, 0.29) is 5.91 Å². The van der Waals surface area contributed by atoms with Gasteiger partial charge in [0.25, 0.3) is 5.91 Å². The fourth-order valence-electron chi connectivity index (χ4n) is 2.84. The van der Waals surface area contributed by atoms with Crippen LogP contribution in [0.3, 0.4) is 0 Å². The van der Waals surface area contributed by atoms with E-state index in [1.807, 2.05) is 55.5 Å². The number of carbonyl (C=O) groups excluding carboxylic acids is 1. The van der Waals surface area contributed by atoms with Crippen LogP contribution in [0.1, 0.15) is 25.0 Å². The highest BCUT2D eigenvalue weighted by Gasteiger charge is 2.28. The van der Waals surface area contributed by atoms with Gasteiger partial charge in [0.05, 0.1) is 31.2 Å². The number of ether oxygens (including phenoxy) is 2. The molecule has 0 unspecified atom stereocenters. The van der Waals surface area contributed by atoms with E-state index in [9.17, 15) is 4.79 Å². The van der Waals surface area contributed by atoms with E-state index in [1.165, 1.54) is 10.6 Å². The molecule has 1 aliphatic heterocycles. The van der Waals surface area contributed by atoms with Gasteiger partial charge in [-0.2, -0.15) is 10.1 Å². The number of benzene rings is 2. The molecule has 1 aliphatic rings. The van der Waals surface area contributed by atoms with Crippen LogP contribution in [0.15, 0.2) is 53.1 Å². The molecule has 0 saturated carbocycles. The lowest BCUT2D eigenvalue weighted by Gasteiger charge is -2.12. The summed E-state index contributed by atoms with van der Waals surface area (Å²) in [5.74, 6) is 1.13. The van der Waals surface area contributed by atoms with Crippen LogP contribution in [-0.2, 0) is 11.2 Å². The molecule has 134 valence electrons. The first-order valence-corrected chi connectivity index (χ1v) is 8.50. The van der Waals surface area contributed by atoms with Crippen molar-refractivity contribution in [1.82, 2.24) is 0 Å². The molecule has 0 atom stereocenters. The van der Waals surface area contributed by atoms with Gasteiger partial charge in [-0.25, -0.2) is 0 Å². The highest BCUT2D eigenvalue weighted by Crippen LogP contribution is 2.30. The summed E-state index contributed by atoms with van der Waals surface area (Å²) in [7, 11) is 3.18. The van der Waals surface area contributed by atoms with E-state index in [0.29, 0.717) is 22.8 Å². The minimum atomic E-state index is -0.137. The molecule has 3 rings (SSSR count). The monoisotopic (exact) mass is 350 g/mol. The summed E-state index contributed by atoms with van der Waals surface area (Å²) in [5.41, 5.74) is 4.09. The van der Waals surface area contributed by atoms with E-state index in [1.54, 1.807) is 14.2 Å². The third-order valence-corrected chi connectivity index (χ3v) is 4.37. The molecular formula is C21H22N2O3. The zero-order valence-electron chi connectivity index (χ0n) is 15.4. The number of carbonyl (C=O) groups is 1. The lowest BCUT2D eigenvalue weighted by molar-refractivity contribution is -0.114. The summed E-state index contributed by atoms with van der Waals surface area (Å²) in [4.78, 5) is 12.8. The largest absolute Gasteiger partial charge is 0.493 e. The second-order valence-corrected chi connectivity index (χ2v) is 5.99. The zero-order valence-corrected chi connectivity index (χ0v) is 15.4. The Bertz CT molecular complexity index is 883. The topological polar surface area (TPSA) is 51.1 Å². The van der Waals surface area contributed by atoms with Crippen molar-refractivity contribution in [2.45, 2.75) is 20.3 Å². The molecule has 0 saturated heterocycles. The molecule has 0 aliphatic carbocycles. The van der Waals surface area contributed by atoms with Gasteiger partial charge in [-0.05, 0) is 54.8 Å². The predicted molar refractivity (Wildman–Crippen MR) is 104 cm³/mol. The second kappa shape index (κ2) is 7.44. The van der Waals surface area contributed by atoms with Crippen LogP contribution in [0.2, 0.25) is 0 Å². The maximum Gasteiger partial charge on any atom is 0.280 e. The van der Waals surface area contributed by atoms with Gasteiger partial charge in [-0.15, -0.1) is 0 Å². The van der Waals surface area contributed by atoms with Gasteiger partial charge in [-0.3, -0.25) is 4.79 Å². The number of anilines is 1. The van der Waals surface area contributed by atoms with Crippen LogP contribution in [0, 0.1) is 0 Å². The number of hydrogen-bond donors (Lipinski definition) is 0. The van der Waals surface area contributed by atoms with Crippen molar-refractivity contribution in [1.29, 1.82) is 0 Å². The number of amides is 1. The smallest absolute Gasteiger partial charge is 0.280 e. The highest BCUT2D eigenvalue weighted by molar-refractivity contribution is 6.32. The zero-order chi connectivity index (χ0) is 18.7. The molecule has 0 radical (unpaired) electrons. The molecule has 26 heavy (non-hydrogen) atoms. The standard InChI is InChI=1S/C21H22N2O3/c1-5-15-6-9-17(10-7-15)23-21(24)18(14(2)22-23)12-16-8-11-19(25-3)20(13-16)26-4/h6-13H,5H2,1-4H3/b18-12-. The quantitative estimate of drug-likeness (QED) is 0.764. The summed E-state index contributed by atoms with van der Waals surface area (Å²) in [5, 5.41) is 5.87. The number of methoxy groups -OCH3 is 2. The molecule has 0 N–H and O–H groups in total. The lowest BCUT2D eigenvalue weighted by atomic mass is 10.1. The normalized spacial score (nSPS) is 15.4. The molecular weight excluding hydrogens is 328 g/mol. The summed E-state index contributed by atoms with van der Waals surface area (Å²) < 4.78 is 10.6. The Labute approximate surface area is 153 Å². The van der Waals surface area contributed by atoms with Crippen molar-refractivity contribution < 1.29 is 14.3 Å². The van der Waals surface area contributed by atoms with Crippen LogP contribution >= 0.6 is 0 Å². The molecule has 0 bridgehead atoms. The van der Waals surface area contributed by atoms with Crippen LogP contribution in [0.4, 0.5) is 5.69 Å². The third kappa shape index (κ3) is 3.33. The first kappa shape index (κ1) is 17.7. The molecule has 0 fully saturated rings. The Morgan fingerprint density at radius 2 is 1.73 bits per heavy atom. The average Bonchev–Trinajstić information content (AvgIpc) is 2.96. The SMILES string of the molecule is CCc1ccc(N2N=C(C)/C(=C/c3ccc(OC)c(OC)c3)C2=O)cc1. The Kier molecular flexibility index (Phi) is 5.07. The van der Waals surface area contributed by atoms with Crippen molar-refractivity contribution in [3.63, 3.8) is 0 Å². The Morgan fingerprint density at radius 3 is 2.35 bits per heavy atom. The van der Waals surface area contributed by atoms with Gasteiger partial charge in [0.2, 0.25) is 0 Å². The first-order valence-electron chi connectivity index (χ1n) is 8.50. The average molecular weight is 350 g/mol. The number of aryl methyl sites for hydroxylation is 1. The molecule has 5 nitrogen and oxygen atoms in total. The maximum atomic E-state index is 12.8. The molecule has 1 heterocycles. The number of nitrogens with zero attached hydrogens (tertiary/aromatic N) is 2. The van der Waals surface area contributed by atoms with Crippen LogP contribution in [0.5, 0.6) is 11.5 Å². The van der Waals surface area contributed by atoms with Gasteiger partial charge < -0.3 is 9.47 Å². The van der Waals surface area contributed by atoms with Crippen LogP contribution in [0.25, 0.3) is 6.08 Å². The lowest BCUT2D eigenvalue weighted by Crippen LogP contribution is -2.21.